The van der Waals surface area contributed by atoms with E-state index in [9.17, 15) is 9.59 Å². The van der Waals surface area contributed by atoms with E-state index in [0.29, 0.717) is 0 Å². The standard InChI is InChI=1S/C16H16N2O3/c1-10-5-6-11(2)12(8-10)9-14(19)18-15-13(16(20)21)4-3-7-17-15/h3-8H,9H2,1-2H3,(H,20,21)(H,17,18,19). The van der Waals surface area contributed by atoms with Gasteiger partial charge in [0.1, 0.15) is 11.4 Å². The van der Waals surface area contributed by atoms with Crippen LogP contribution in [-0.4, -0.2) is 22.0 Å². The van der Waals surface area contributed by atoms with Gasteiger partial charge in [0, 0.05) is 6.20 Å². The number of carboxylic acid groups (broad SMARTS) is 1. The van der Waals surface area contributed by atoms with E-state index in [1.54, 1.807) is 0 Å². The molecule has 0 aliphatic heterocycles. The number of anilines is 1. The summed E-state index contributed by atoms with van der Waals surface area (Å²) in [6.45, 7) is 3.90. The van der Waals surface area contributed by atoms with E-state index in [2.05, 4.69) is 10.3 Å². The highest BCUT2D eigenvalue weighted by atomic mass is 16.4. The van der Waals surface area contributed by atoms with Crippen LogP contribution in [0.1, 0.15) is 27.0 Å². The van der Waals surface area contributed by atoms with Crippen molar-refractivity contribution >= 4 is 17.7 Å². The fraction of sp³-hybridized carbons (Fsp3) is 0.188. The zero-order chi connectivity index (χ0) is 15.4. The van der Waals surface area contributed by atoms with Crippen LogP contribution < -0.4 is 5.32 Å². The largest absolute Gasteiger partial charge is 0.478 e. The Labute approximate surface area is 122 Å². The number of pyridine rings is 1. The molecule has 0 unspecified atom stereocenters. The lowest BCUT2D eigenvalue weighted by molar-refractivity contribution is -0.115. The second-order valence-corrected chi connectivity index (χ2v) is 4.86. The van der Waals surface area contributed by atoms with Gasteiger partial charge in [-0.1, -0.05) is 23.8 Å². The van der Waals surface area contributed by atoms with Crippen LogP contribution in [0, 0.1) is 13.8 Å². The van der Waals surface area contributed by atoms with Crippen molar-refractivity contribution in [2.45, 2.75) is 20.3 Å². The fourth-order valence-electron chi connectivity index (χ4n) is 2.02. The minimum absolute atomic E-state index is 0.0215. The van der Waals surface area contributed by atoms with Crippen LogP contribution in [0.3, 0.4) is 0 Å². The summed E-state index contributed by atoms with van der Waals surface area (Å²) in [5.41, 5.74) is 3.00. The van der Waals surface area contributed by atoms with Crippen LogP contribution in [-0.2, 0) is 11.2 Å². The molecule has 1 aromatic heterocycles. The third-order valence-corrected chi connectivity index (χ3v) is 3.15. The zero-order valence-corrected chi connectivity index (χ0v) is 11.9. The molecule has 1 heterocycles. The minimum atomic E-state index is -1.12. The highest BCUT2D eigenvalue weighted by molar-refractivity contribution is 5.99. The number of nitrogens with zero attached hydrogens (tertiary/aromatic N) is 1. The van der Waals surface area contributed by atoms with Gasteiger partial charge in [-0.2, -0.15) is 0 Å². The number of amides is 1. The minimum Gasteiger partial charge on any atom is -0.478 e. The number of rotatable bonds is 4. The smallest absolute Gasteiger partial charge is 0.339 e. The summed E-state index contributed by atoms with van der Waals surface area (Å²) in [5, 5.41) is 11.6. The molecule has 0 spiro atoms. The monoisotopic (exact) mass is 284 g/mol. The molecule has 1 aromatic carbocycles. The normalized spacial score (nSPS) is 10.2. The lowest BCUT2D eigenvalue weighted by Crippen LogP contribution is -2.18. The summed E-state index contributed by atoms with van der Waals surface area (Å²) < 4.78 is 0. The lowest BCUT2D eigenvalue weighted by Gasteiger charge is -2.09. The number of hydrogen-bond donors (Lipinski definition) is 2. The zero-order valence-electron chi connectivity index (χ0n) is 11.9. The number of aromatic carboxylic acids is 1. The topological polar surface area (TPSA) is 79.3 Å². The first-order valence-electron chi connectivity index (χ1n) is 6.51. The van der Waals surface area contributed by atoms with Crippen molar-refractivity contribution < 1.29 is 14.7 Å². The van der Waals surface area contributed by atoms with Gasteiger partial charge < -0.3 is 10.4 Å². The van der Waals surface area contributed by atoms with Gasteiger partial charge in [0.25, 0.3) is 0 Å². The molecule has 5 nitrogen and oxygen atoms in total. The predicted molar refractivity (Wildman–Crippen MR) is 79.4 cm³/mol. The van der Waals surface area contributed by atoms with Crippen LogP contribution in [0.2, 0.25) is 0 Å². The Hall–Kier alpha value is -2.69. The van der Waals surface area contributed by atoms with Crippen molar-refractivity contribution in [3.05, 3.63) is 58.8 Å². The molecule has 2 N–H and O–H groups in total. The number of benzene rings is 1. The SMILES string of the molecule is Cc1ccc(C)c(CC(=O)Nc2ncccc2C(=O)O)c1. The summed E-state index contributed by atoms with van der Waals surface area (Å²) in [4.78, 5) is 27.1. The molecule has 0 aliphatic rings. The molecule has 2 aromatic rings. The molecule has 0 saturated carbocycles. The van der Waals surface area contributed by atoms with Crippen LogP contribution in [0.15, 0.2) is 36.5 Å². The number of aromatic nitrogens is 1. The second-order valence-electron chi connectivity index (χ2n) is 4.86. The molecule has 0 atom stereocenters. The molecule has 0 aliphatic carbocycles. The molecule has 1 amide bonds. The van der Waals surface area contributed by atoms with Crippen molar-refractivity contribution in [3.8, 4) is 0 Å². The lowest BCUT2D eigenvalue weighted by atomic mass is 10.0. The maximum Gasteiger partial charge on any atom is 0.339 e. The van der Waals surface area contributed by atoms with Gasteiger partial charge >= 0.3 is 5.97 Å². The van der Waals surface area contributed by atoms with Gasteiger partial charge in [0.2, 0.25) is 5.91 Å². The first-order valence-corrected chi connectivity index (χ1v) is 6.51. The second kappa shape index (κ2) is 6.17. The first kappa shape index (κ1) is 14.7. The third kappa shape index (κ3) is 3.66. The fourth-order valence-corrected chi connectivity index (χ4v) is 2.02. The van der Waals surface area contributed by atoms with E-state index < -0.39 is 5.97 Å². The van der Waals surface area contributed by atoms with Gasteiger partial charge in [0.05, 0.1) is 6.42 Å². The summed E-state index contributed by atoms with van der Waals surface area (Å²) in [6, 6.07) is 8.82. The van der Waals surface area contributed by atoms with Crippen LogP contribution in [0.5, 0.6) is 0 Å². The van der Waals surface area contributed by atoms with Crippen LogP contribution in [0.25, 0.3) is 0 Å². The Morgan fingerprint density at radius 3 is 2.71 bits per heavy atom. The van der Waals surface area contributed by atoms with Crippen molar-refractivity contribution in [1.29, 1.82) is 0 Å². The quantitative estimate of drug-likeness (QED) is 0.904. The van der Waals surface area contributed by atoms with Crippen molar-refractivity contribution in [3.63, 3.8) is 0 Å². The Bertz CT molecular complexity index is 696. The van der Waals surface area contributed by atoms with E-state index in [1.165, 1.54) is 18.3 Å². The average molecular weight is 284 g/mol. The molecular weight excluding hydrogens is 268 g/mol. The number of nitrogens with one attached hydrogen (secondary N) is 1. The summed E-state index contributed by atoms with van der Waals surface area (Å²) in [7, 11) is 0. The molecule has 2 rings (SSSR count). The van der Waals surface area contributed by atoms with E-state index >= 15 is 0 Å². The highest BCUT2D eigenvalue weighted by Crippen LogP contribution is 2.14. The third-order valence-electron chi connectivity index (χ3n) is 3.15. The summed E-state index contributed by atoms with van der Waals surface area (Å²) in [6.07, 6.45) is 1.63. The van der Waals surface area contributed by atoms with Crippen LogP contribution >= 0.6 is 0 Å². The van der Waals surface area contributed by atoms with Crippen molar-refractivity contribution in [1.82, 2.24) is 4.98 Å². The van der Waals surface area contributed by atoms with Gasteiger partial charge in [0.15, 0.2) is 0 Å². The first-order chi connectivity index (χ1) is 9.97. The number of hydrogen-bond acceptors (Lipinski definition) is 3. The average Bonchev–Trinajstić information content (AvgIpc) is 2.43. The van der Waals surface area contributed by atoms with E-state index in [0.717, 1.165) is 16.7 Å². The molecule has 0 bridgehead atoms. The maximum atomic E-state index is 12.1. The number of carbonyl (C=O) groups excluding carboxylic acids is 1. The Morgan fingerprint density at radius 1 is 1.24 bits per heavy atom. The van der Waals surface area contributed by atoms with Crippen LogP contribution in [0.4, 0.5) is 5.82 Å². The van der Waals surface area contributed by atoms with Crippen molar-refractivity contribution in [2.24, 2.45) is 0 Å². The molecule has 5 heteroatoms. The number of carbonyl (C=O) groups is 2. The molecule has 21 heavy (non-hydrogen) atoms. The Morgan fingerprint density at radius 2 is 2.00 bits per heavy atom. The molecular formula is C16H16N2O3. The van der Waals surface area contributed by atoms with Gasteiger partial charge in [-0.3, -0.25) is 4.79 Å². The highest BCUT2D eigenvalue weighted by Gasteiger charge is 2.14. The Balaban J connectivity index is 2.16. The summed E-state index contributed by atoms with van der Waals surface area (Å²) >= 11 is 0. The molecule has 0 radical (unpaired) electrons. The number of carboxylic acids is 1. The van der Waals surface area contributed by atoms with Crippen molar-refractivity contribution in [2.75, 3.05) is 5.32 Å². The predicted octanol–water partition coefficient (Wildman–Crippen LogP) is 2.58. The maximum absolute atomic E-state index is 12.1. The van der Waals surface area contributed by atoms with E-state index in [4.69, 9.17) is 5.11 Å². The molecule has 0 fully saturated rings. The molecule has 108 valence electrons. The van der Waals surface area contributed by atoms with Gasteiger partial charge in [-0.15, -0.1) is 0 Å². The Kier molecular flexibility index (Phi) is 4.33. The van der Waals surface area contributed by atoms with E-state index in [-0.39, 0.29) is 23.7 Å². The van der Waals surface area contributed by atoms with Gasteiger partial charge in [-0.05, 0) is 37.1 Å². The summed E-state index contributed by atoms with van der Waals surface area (Å²) in [5.74, 6) is -1.34. The van der Waals surface area contributed by atoms with E-state index in [1.807, 2.05) is 32.0 Å². The number of aryl methyl sites for hydroxylation is 2. The molecule has 0 saturated heterocycles. The van der Waals surface area contributed by atoms with Gasteiger partial charge in [-0.25, -0.2) is 9.78 Å².